The molecule has 0 amide bonds. The van der Waals surface area contributed by atoms with E-state index >= 15 is 0 Å². The molecule has 0 aliphatic heterocycles. The van der Waals surface area contributed by atoms with Crippen molar-refractivity contribution >= 4 is 30.7 Å². The molecule has 0 saturated heterocycles. The second-order valence-corrected chi connectivity index (χ2v) is 8.15. The van der Waals surface area contributed by atoms with E-state index in [9.17, 15) is 8.76 Å². The molecule has 0 radical (unpaired) electrons. The molecule has 0 bridgehead atoms. The van der Waals surface area contributed by atoms with E-state index < -0.39 is 8.77 Å². The Morgan fingerprint density at radius 1 is 1.00 bits per heavy atom. The summed E-state index contributed by atoms with van der Waals surface area (Å²) in [6.45, 7) is 1.97. The van der Waals surface area contributed by atoms with Crippen molar-refractivity contribution in [1.29, 1.82) is 0 Å². The minimum absolute atomic E-state index is 0.348. The lowest BCUT2D eigenvalue weighted by Gasteiger charge is -2.12. The maximum atomic E-state index is 11.9. The summed E-state index contributed by atoms with van der Waals surface area (Å²) in [5, 5.41) is 2.32. The number of aryl methyl sites for hydroxylation is 1. The summed E-state index contributed by atoms with van der Waals surface area (Å²) in [6.07, 6.45) is 0.590. The van der Waals surface area contributed by atoms with Crippen molar-refractivity contribution in [3.63, 3.8) is 0 Å². The van der Waals surface area contributed by atoms with Crippen molar-refractivity contribution in [3.8, 4) is 0 Å². The molecular formula is C18H16O2S2. The Kier molecular flexibility index (Phi) is 4.00. The van der Waals surface area contributed by atoms with Gasteiger partial charge in [0.05, 0.1) is 4.90 Å². The van der Waals surface area contributed by atoms with Crippen molar-refractivity contribution in [1.82, 2.24) is 0 Å². The van der Waals surface area contributed by atoms with Gasteiger partial charge in [-0.2, -0.15) is 0 Å². The van der Waals surface area contributed by atoms with E-state index in [0.29, 0.717) is 11.3 Å². The van der Waals surface area contributed by atoms with Gasteiger partial charge in [-0.25, -0.2) is 4.21 Å². The third-order valence-corrected chi connectivity index (χ3v) is 5.25. The van der Waals surface area contributed by atoms with Crippen LogP contribution in [0, 0.1) is 6.92 Å². The number of fused-ring (bicyclic) bond motifs is 1. The molecule has 4 heteroatoms. The molecule has 3 aromatic carbocycles. The Labute approximate surface area is 135 Å². The molecule has 3 rings (SSSR count). The minimum Gasteiger partial charge on any atom is -0.302 e. The summed E-state index contributed by atoms with van der Waals surface area (Å²) < 4.78 is 21.7. The van der Waals surface area contributed by atoms with Crippen LogP contribution in [0.3, 0.4) is 0 Å². The summed E-state index contributed by atoms with van der Waals surface area (Å²) >= 11 is 4.78. The van der Waals surface area contributed by atoms with E-state index in [-0.39, 0.29) is 0 Å². The molecule has 0 saturated carbocycles. The number of rotatable bonds is 3. The monoisotopic (exact) mass is 328 g/mol. The van der Waals surface area contributed by atoms with Gasteiger partial charge in [-0.3, -0.25) is 0 Å². The second kappa shape index (κ2) is 5.80. The van der Waals surface area contributed by atoms with Crippen molar-refractivity contribution in [2.75, 3.05) is 0 Å². The quantitative estimate of drug-likeness (QED) is 0.778. The molecule has 1 atom stereocenters. The van der Waals surface area contributed by atoms with Gasteiger partial charge in [0.25, 0.3) is 0 Å². The summed E-state index contributed by atoms with van der Waals surface area (Å²) in [5.41, 5.74) is 3.00. The zero-order valence-corrected chi connectivity index (χ0v) is 13.8. The van der Waals surface area contributed by atoms with E-state index in [1.54, 1.807) is 6.07 Å². The fourth-order valence-corrected chi connectivity index (χ4v) is 3.94. The fraction of sp³-hybridized carbons (Fsp3) is 0.111. The van der Waals surface area contributed by atoms with E-state index in [4.69, 9.17) is 11.2 Å². The van der Waals surface area contributed by atoms with Crippen LogP contribution in [0.15, 0.2) is 65.6 Å². The van der Waals surface area contributed by atoms with Gasteiger partial charge in [0, 0.05) is 11.2 Å². The number of hydrogen-bond acceptors (Lipinski definition) is 2. The fourth-order valence-electron chi connectivity index (χ4n) is 2.75. The maximum Gasteiger partial charge on any atom is 0.171 e. The molecule has 22 heavy (non-hydrogen) atoms. The van der Waals surface area contributed by atoms with Crippen LogP contribution < -0.4 is 0 Å². The minimum atomic E-state index is -3.39. The topological polar surface area (TPSA) is 37.3 Å². The first-order valence-corrected chi connectivity index (χ1v) is 9.43. The van der Waals surface area contributed by atoms with Crippen LogP contribution in [0.4, 0.5) is 0 Å². The number of benzene rings is 3. The lowest BCUT2D eigenvalue weighted by Crippen LogP contribution is -2.03. The van der Waals surface area contributed by atoms with Crippen LogP contribution in [0.25, 0.3) is 10.8 Å². The van der Waals surface area contributed by atoms with E-state index in [2.05, 4.69) is 24.3 Å². The lowest BCUT2D eigenvalue weighted by atomic mass is 9.98. The van der Waals surface area contributed by atoms with Crippen LogP contribution in [0.1, 0.15) is 16.7 Å². The molecular weight excluding hydrogens is 312 g/mol. The van der Waals surface area contributed by atoms with Crippen LogP contribution in [-0.2, 0) is 26.4 Å². The maximum absolute atomic E-state index is 11.9. The molecule has 2 nitrogen and oxygen atoms in total. The Morgan fingerprint density at radius 3 is 2.50 bits per heavy atom. The molecule has 0 aliphatic rings. The summed E-state index contributed by atoms with van der Waals surface area (Å²) in [6, 6.07) is 19.7. The molecule has 0 aliphatic carbocycles. The molecule has 3 aromatic rings. The Bertz CT molecular complexity index is 939. The first-order chi connectivity index (χ1) is 10.4. The molecule has 1 unspecified atom stereocenters. The highest BCUT2D eigenvalue weighted by atomic mass is 32.8. The highest BCUT2D eigenvalue weighted by Gasteiger charge is 2.13. The highest BCUT2D eigenvalue weighted by Crippen LogP contribution is 2.25. The van der Waals surface area contributed by atoms with Crippen molar-refractivity contribution in [2.45, 2.75) is 18.2 Å². The van der Waals surface area contributed by atoms with Gasteiger partial charge in [0.2, 0.25) is 0 Å². The third-order valence-electron chi connectivity index (χ3n) is 3.75. The van der Waals surface area contributed by atoms with Gasteiger partial charge in [-0.05, 0) is 41.3 Å². The molecule has 112 valence electrons. The van der Waals surface area contributed by atoms with Gasteiger partial charge in [0.1, 0.15) is 0 Å². The second-order valence-electron chi connectivity index (χ2n) is 5.40. The third kappa shape index (κ3) is 3.04. The SMILES string of the molecule is Cc1ccc(S(=O)(O)=S)c(Cc2cccc3ccccc23)c1. The van der Waals surface area contributed by atoms with Gasteiger partial charge in [-0.1, -0.05) is 60.2 Å². The normalized spacial score (nSPS) is 13.9. The van der Waals surface area contributed by atoms with E-state index in [1.165, 1.54) is 0 Å². The summed E-state index contributed by atoms with van der Waals surface area (Å²) in [5.74, 6) is 0. The van der Waals surface area contributed by atoms with Crippen LogP contribution in [-0.4, -0.2) is 8.76 Å². The molecule has 0 aromatic heterocycles. The molecule has 0 spiro atoms. The molecule has 0 fully saturated rings. The van der Waals surface area contributed by atoms with Gasteiger partial charge < -0.3 is 4.55 Å². The van der Waals surface area contributed by atoms with Gasteiger partial charge in [-0.15, -0.1) is 0 Å². The van der Waals surface area contributed by atoms with Crippen LogP contribution >= 0.6 is 0 Å². The Balaban J connectivity index is 2.15. The van der Waals surface area contributed by atoms with Gasteiger partial charge >= 0.3 is 0 Å². The van der Waals surface area contributed by atoms with E-state index in [0.717, 1.165) is 27.5 Å². The highest BCUT2D eigenvalue weighted by molar-refractivity contribution is 8.29. The van der Waals surface area contributed by atoms with Crippen molar-refractivity contribution in [2.24, 2.45) is 0 Å². The largest absolute Gasteiger partial charge is 0.302 e. The average Bonchev–Trinajstić information content (AvgIpc) is 2.46. The summed E-state index contributed by atoms with van der Waals surface area (Å²) in [7, 11) is -3.39. The molecule has 0 heterocycles. The first kappa shape index (κ1) is 15.2. The van der Waals surface area contributed by atoms with Gasteiger partial charge in [0.15, 0.2) is 8.77 Å². The lowest BCUT2D eigenvalue weighted by molar-refractivity contribution is 0.560. The predicted molar refractivity (Wildman–Crippen MR) is 94.3 cm³/mol. The standard InChI is InChI=1S/C18H16O2S2/c1-13-9-10-18(22(19,20)21)16(11-13)12-15-7-4-6-14-5-2-3-8-17(14)15/h2-11H,12H2,1H3,(H,19,20,21). The van der Waals surface area contributed by atoms with E-state index in [1.807, 2.05) is 37.3 Å². The smallest absolute Gasteiger partial charge is 0.171 e. The first-order valence-electron chi connectivity index (χ1n) is 6.99. The molecule has 1 N–H and O–H groups in total. The zero-order chi connectivity index (χ0) is 15.7. The zero-order valence-electron chi connectivity index (χ0n) is 12.2. The number of hydrogen-bond donors (Lipinski definition) is 1. The van der Waals surface area contributed by atoms with Crippen LogP contribution in [0.2, 0.25) is 0 Å². The summed E-state index contributed by atoms with van der Waals surface area (Å²) in [4.78, 5) is 0.348. The Morgan fingerprint density at radius 2 is 1.73 bits per heavy atom. The Hall–Kier alpha value is -1.75. The van der Waals surface area contributed by atoms with Crippen molar-refractivity contribution < 1.29 is 8.76 Å². The average molecular weight is 328 g/mol. The predicted octanol–water partition coefficient (Wildman–Crippen LogP) is 4.32. The van der Waals surface area contributed by atoms with Crippen molar-refractivity contribution in [3.05, 3.63) is 77.4 Å². The van der Waals surface area contributed by atoms with Crippen LogP contribution in [0.5, 0.6) is 0 Å².